The van der Waals surface area contributed by atoms with Crippen molar-refractivity contribution >= 4 is 20.9 Å². The van der Waals surface area contributed by atoms with Crippen LogP contribution in [-0.2, 0) is 55.2 Å². The summed E-state index contributed by atoms with van der Waals surface area (Å²) in [5, 5.41) is 0. The van der Waals surface area contributed by atoms with Crippen molar-refractivity contribution in [1.82, 2.24) is 0 Å². The molecular formula is H7CuMnPSiW. The maximum atomic E-state index is 0. The van der Waals surface area contributed by atoms with Crippen LogP contribution in [0.3, 0.4) is 0 Å². The normalized spacial score (nSPS) is 0. The summed E-state index contributed by atoms with van der Waals surface area (Å²) < 4.78 is 0. The molecule has 0 saturated heterocycles. The van der Waals surface area contributed by atoms with Gasteiger partial charge in [-0.05, 0) is 11.0 Å². The fraction of sp³-hybridized carbons (Fsp3) is 0. The summed E-state index contributed by atoms with van der Waals surface area (Å²) in [6, 6.07) is 0. The smallest absolute Gasteiger partial charge is 0 e. The number of rotatable bonds is 0. The summed E-state index contributed by atoms with van der Waals surface area (Å²) in [4.78, 5) is 0. The van der Waals surface area contributed by atoms with E-state index in [9.17, 15) is 0 Å². The van der Waals surface area contributed by atoms with Crippen molar-refractivity contribution in [2.45, 2.75) is 0 Å². The molecule has 0 aliphatic rings. The first-order valence-electron chi connectivity index (χ1n) is 0. The zero-order chi connectivity index (χ0) is 0. The Balaban J connectivity index is 0. The third kappa shape index (κ3) is 21.6. The summed E-state index contributed by atoms with van der Waals surface area (Å²) in [7, 11) is 0. The van der Waals surface area contributed by atoms with Crippen LogP contribution in [0.4, 0.5) is 0 Å². The van der Waals surface area contributed by atoms with Gasteiger partial charge in [-0.15, -0.1) is 0 Å². The Morgan fingerprint density at radius 2 is 1.00 bits per heavy atom. The zero-order valence-corrected chi connectivity index (χ0v) is 8.26. The van der Waals surface area contributed by atoms with Gasteiger partial charge in [0, 0.05) is 55.2 Å². The van der Waals surface area contributed by atoms with Crippen LogP contribution < -0.4 is 0 Å². The summed E-state index contributed by atoms with van der Waals surface area (Å²) >= 11 is 0. The second kappa shape index (κ2) is 32.7. The van der Waals surface area contributed by atoms with Gasteiger partial charge in [-0.2, -0.15) is 9.90 Å². The van der Waals surface area contributed by atoms with E-state index in [0.29, 0.717) is 0 Å². The maximum absolute atomic E-state index is 0. The molecule has 0 amide bonds. The van der Waals surface area contributed by atoms with Gasteiger partial charge in [0.05, 0.1) is 0 Å². The standard InChI is InChI=1S/Cu.Mn.H3P.H4Si.W/h;;1H3;1H4;. The summed E-state index contributed by atoms with van der Waals surface area (Å²) in [5.74, 6) is 0. The van der Waals surface area contributed by atoms with Crippen molar-refractivity contribution in [3.05, 3.63) is 0 Å². The van der Waals surface area contributed by atoms with Gasteiger partial charge in [0.1, 0.15) is 0 Å². The van der Waals surface area contributed by atoms with E-state index in [0.717, 1.165) is 0 Å². The predicted octanol–water partition coefficient (Wildman–Crippen LogP) is -1.40. The molecule has 40 valence electrons. The fourth-order valence-corrected chi connectivity index (χ4v) is 0. The van der Waals surface area contributed by atoms with Crippen LogP contribution >= 0.6 is 9.90 Å². The van der Waals surface area contributed by atoms with Crippen LogP contribution in [0.25, 0.3) is 0 Å². The zero-order valence-electron chi connectivity index (χ0n) is 1.79. The second-order valence-electron chi connectivity index (χ2n) is 0. The molecule has 0 aromatic rings. The molecule has 5 heavy (non-hydrogen) atoms. The van der Waals surface area contributed by atoms with Gasteiger partial charge in [-0.3, -0.25) is 0 Å². The second-order valence-corrected chi connectivity index (χ2v) is 0. The third-order valence-electron chi connectivity index (χ3n) is 0. The minimum atomic E-state index is 0. The van der Waals surface area contributed by atoms with Gasteiger partial charge in [-0.25, -0.2) is 0 Å². The molecule has 0 rings (SSSR count). The molecule has 0 heterocycles. The van der Waals surface area contributed by atoms with E-state index in [1.54, 1.807) is 0 Å². The van der Waals surface area contributed by atoms with Gasteiger partial charge in [0.2, 0.25) is 0 Å². The fourth-order valence-electron chi connectivity index (χ4n) is 0. The molecule has 1 unspecified atom stereocenters. The van der Waals surface area contributed by atoms with Crippen molar-refractivity contribution in [3.8, 4) is 0 Å². The van der Waals surface area contributed by atoms with Crippen molar-refractivity contribution in [3.63, 3.8) is 0 Å². The van der Waals surface area contributed by atoms with Crippen molar-refractivity contribution < 1.29 is 55.2 Å². The Bertz CT molecular complexity index is 11.6. The van der Waals surface area contributed by atoms with Gasteiger partial charge in [-0.1, -0.05) is 0 Å². The molecule has 0 N–H and O–H groups in total. The summed E-state index contributed by atoms with van der Waals surface area (Å²) in [6.07, 6.45) is 0. The van der Waals surface area contributed by atoms with E-state index in [2.05, 4.69) is 0 Å². The Hall–Kier alpha value is 2.37. The van der Waals surface area contributed by atoms with Crippen molar-refractivity contribution in [2.24, 2.45) is 0 Å². The molecule has 0 spiro atoms. The SMILES string of the molecule is P.[Cu].[Mn].[SiH4].[W]. The Morgan fingerprint density at radius 3 is 1.00 bits per heavy atom. The Labute approximate surface area is 75.5 Å². The van der Waals surface area contributed by atoms with Gasteiger partial charge >= 0.3 is 0 Å². The molecule has 0 saturated carbocycles. The van der Waals surface area contributed by atoms with Crippen LogP contribution in [0.1, 0.15) is 0 Å². The van der Waals surface area contributed by atoms with E-state index < -0.39 is 0 Å². The quantitative estimate of drug-likeness (QED) is 0.365. The van der Waals surface area contributed by atoms with Crippen LogP contribution in [0.5, 0.6) is 0 Å². The largest absolute Gasteiger partial charge is 0.153 e. The van der Waals surface area contributed by atoms with Crippen LogP contribution in [-0.4, -0.2) is 11.0 Å². The van der Waals surface area contributed by atoms with E-state index in [-0.39, 0.29) is 76.1 Å². The minimum Gasteiger partial charge on any atom is -0.153 e. The van der Waals surface area contributed by atoms with Crippen LogP contribution in [0.15, 0.2) is 0 Å². The number of hydrogen-bond acceptors (Lipinski definition) is 0. The summed E-state index contributed by atoms with van der Waals surface area (Å²) in [6.45, 7) is 0. The first kappa shape index (κ1) is 53.2. The Morgan fingerprint density at radius 1 is 1.00 bits per heavy atom. The Kier molecular flexibility index (Phi) is 347. The van der Waals surface area contributed by atoms with Crippen LogP contribution in [0, 0.1) is 0 Å². The molecule has 0 aliphatic carbocycles. The molecule has 0 aromatic carbocycles. The van der Waals surface area contributed by atoms with Gasteiger partial charge in [0.25, 0.3) is 0 Å². The molecule has 0 bridgehead atoms. The molecular weight excluding hydrogens is 361 g/mol. The first-order valence-corrected chi connectivity index (χ1v) is 0. The minimum absolute atomic E-state index is 0. The topological polar surface area (TPSA) is 0 Å². The molecule has 5 heteroatoms. The molecule has 1 atom stereocenters. The predicted molar refractivity (Wildman–Crippen MR) is 22.4 cm³/mol. The van der Waals surface area contributed by atoms with E-state index in [1.165, 1.54) is 0 Å². The van der Waals surface area contributed by atoms with Gasteiger partial charge in [0.15, 0.2) is 0 Å². The first-order chi connectivity index (χ1) is 0. The van der Waals surface area contributed by atoms with Gasteiger partial charge < -0.3 is 0 Å². The summed E-state index contributed by atoms with van der Waals surface area (Å²) in [5.41, 5.74) is 0. The molecule has 0 fully saturated rings. The van der Waals surface area contributed by atoms with Crippen molar-refractivity contribution in [1.29, 1.82) is 0 Å². The molecule has 0 nitrogen and oxygen atoms in total. The van der Waals surface area contributed by atoms with Crippen molar-refractivity contribution in [2.75, 3.05) is 0 Å². The molecule has 0 aromatic heterocycles. The monoisotopic (exact) mass is 368 g/mol. The van der Waals surface area contributed by atoms with Crippen LogP contribution in [0.2, 0.25) is 0 Å². The number of hydrogen-bond donors (Lipinski definition) is 0. The average molecular weight is 368 g/mol. The third-order valence-corrected chi connectivity index (χ3v) is 0. The molecule has 2 radical (unpaired) electrons. The average Bonchev–Trinajstić information content (AvgIpc) is 0. The van der Waals surface area contributed by atoms with E-state index in [4.69, 9.17) is 0 Å². The molecule has 0 aliphatic heterocycles. The van der Waals surface area contributed by atoms with E-state index in [1.807, 2.05) is 0 Å². The maximum Gasteiger partial charge on any atom is 0 e. The van der Waals surface area contributed by atoms with E-state index >= 15 is 0 Å².